The molecule has 0 unspecified atom stereocenters. The zero-order valence-electron chi connectivity index (χ0n) is 15.7. The Labute approximate surface area is 169 Å². The van der Waals surface area contributed by atoms with Crippen molar-refractivity contribution in [1.82, 2.24) is 4.98 Å². The van der Waals surface area contributed by atoms with Gasteiger partial charge in [0.2, 0.25) is 0 Å². The number of carbonyl (C=O) groups excluding carboxylic acids is 1. The topological polar surface area (TPSA) is 77.5 Å². The Kier molecular flexibility index (Phi) is 5.21. The molecule has 0 bridgehead atoms. The zero-order chi connectivity index (χ0) is 21.3. The molecule has 4 rings (SSSR count). The maximum atomic E-state index is 13.4. The average molecular weight is 416 g/mol. The number of benzene rings is 2. The number of carbonyl (C=O) groups is 1. The summed E-state index contributed by atoms with van der Waals surface area (Å²) in [7, 11) is 0. The number of pyridine rings is 1. The number of hydrogen-bond acceptors (Lipinski definition) is 6. The van der Waals surface area contributed by atoms with Gasteiger partial charge in [-0.05, 0) is 30.3 Å². The van der Waals surface area contributed by atoms with Gasteiger partial charge in [0, 0.05) is 41.6 Å². The first-order valence-corrected chi connectivity index (χ1v) is 9.24. The lowest BCUT2D eigenvalue weighted by atomic mass is 10.0. The number of aromatic carboxylic acids is 1. The molecule has 0 atom stereocenters. The highest BCUT2D eigenvalue weighted by molar-refractivity contribution is 6.05. The van der Waals surface area contributed by atoms with E-state index in [0.29, 0.717) is 18.9 Å². The highest BCUT2D eigenvalue weighted by Gasteiger charge is 2.33. The number of nitrogens with zero attached hydrogens (tertiary/aromatic N) is 2. The lowest BCUT2D eigenvalue weighted by Crippen LogP contribution is -2.36. The number of para-hydroxylation sites is 1. The molecule has 156 valence electrons. The number of anilines is 3. The summed E-state index contributed by atoms with van der Waals surface area (Å²) in [4.78, 5) is 17.5. The van der Waals surface area contributed by atoms with Crippen molar-refractivity contribution in [1.29, 1.82) is 0 Å². The molecule has 0 spiro atoms. The van der Waals surface area contributed by atoms with E-state index in [2.05, 4.69) is 15.2 Å². The highest BCUT2D eigenvalue weighted by atomic mass is 19.4. The Hall–Kier alpha value is -3.33. The van der Waals surface area contributed by atoms with Crippen LogP contribution in [0.1, 0.15) is 15.9 Å². The average Bonchev–Trinajstić information content (AvgIpc) is 2.74. The molecule has 1 aliphatic rings. The molecule has 9 heteroatoms. The summed E-state index contributed by atoms with van der Waals surface area (Å²) in [6, 6.07) is 10.7. The molecule has 30 heavy (non-hydrogen) atoms. The fourth-order valence-corrected chi connectivity index (χ4v) is 3.46. The molecular formula is C21H17F3N3O3-. The van der Waals surface area contributed by atoms with Gasteiger partial charge in [0.05, 0.1) is 36.0 Å². The predicted octanol–water partition coefficient (Wildman–Crippen LogP) is 3.20. The van der Waals surface area contributed by atoms with Gasteiger partial charge >= 0.3 is 6.18 Å². The first kappa shape index (κ1) is 20.0. The molecule has 2 heterocycles. The van der Waals surface area contributed by atoms with Crippen molar-refractivity contribution in [2.45, 2.75) is 6.18 Å². The molecule has 0 radical (unpaired) electrons. The van der Waals surface area contributed by atoms with Gasteiger partial charge in [-0.3, -0.25) is 4.98 Å². The van der Waals surface area contributed by atoms with Crippen LogP contribution in [0.3, 0.4) is 0 Å². The van der Waals surface area contributed by atoms with E-state index in [0.717, 1.165) is 31.0 Å². The Morgan fingerprint density at radius 1 is 1.10 bits per heavy atom. The number of ether oxygens (including phenoxy) is 1. The second-order valence-electron chi connectivity index (χ2n) is 6.81. The third kappa shape index (κ3) is 3.88. The fraction of sp³-hybridized carbons (Fsp3) is 0.238. The number of rotatable bonds is 4. The minimum absolute atomic E-state index is 0.00484. The first-order valence-electron chi connectivity index (χ1n) is 9.24. The zero-order valence-corrected chi connectivity index (χ0v) is 15.7. The quantitative estimate of drug-likeness (QED) is 0.704. The predicted molar refractivity (Wildman–Crippen MR) is 104 cm³/mol. The normalized spacial score (nSPS) is 14.7. The summed E-state index contributed by atoms with van der Waals surface area (Å²) >= 11 is 0. The minimum Gasteiger partial charge on any atom is -0.545 e. The van der Waals surface area contributed by atoms with Crippen molar-refractivity contribution in [2.75, 3.05) is 36.5 Å². The van der Waals surface area contributed by atoms with Crippen LogP contribution in [0.5, 0.6) is 0 Å². The van der Waals surface area contributed by atoms with Crippen molar-refractivity contribution >= 4 is 33.9 Å². The van der Waals surface area contributed by atoms with Crippen LogP contribution in [0.15, 0.2) is 48.7 Å². The second-order valence-corrected chi connectivity index (χ2v) is 6.81. The van der Waals surface area contributed by atoms with Gasteiger partial charge < -0.3 is 24.9 Å². The van der Waals surface area contributed by atoms with Gasteiger partial charge in [-0.25, -0.2) is 0 Å². The SMILES string of the molecule is O=C([O-])c1cnc2c(C(F)(F)F)cccc2c1Nc1ccc(N2CCOCC2)cc1. The van der Waals surface area contributed by atoms with Gasteiger partial charge in [0.25, 0.3) is 0 Å². The Morgan fingerprint density at radius 2 is 1.80 bits per heavy atom. The summed E-state index contributed by atoms with van der Waals surface area (Å²) in [5, 5.41) is 14.5. The monoisotopic (exact) mass is 416 g/mol. The fourth-order valence-electron chi connectivity index (χ4n) is 3.46. The van der Waals surface area contributed by atoms with E-state index in [1.807, 2.05) is 12.1 Å². The van der Waals surface area contributed by atoms with Gasteiger partial charge in [0.1, 0.15) is 0 Å². The molecule has 2 aromatic carbocycles. The number of aromatic nitrogens is 1. The molecule has 3 aromatic rings. The summed E-state index contributed by atoms with van der Waals surface area (Å²) in [6.07, 6.45) is -3.73. The number of carboxylic acids is 1. The third-order valence-corrected chi connectivity index (χ3v) is 4.94. The van der Waals surface area contributed by atoms with Crippen molar-refractivity contribution in [3.63, 3.8) is 0 Å². The van der Waals surface area contributed by atoms with Crippen LogP contribution in [0.2, 0.25) is 0 Å². The maximum absolute atomic E-state index is 13.4. The standard InChI is InChI=1S/C21H18F3N3O3/c22-21(23,24)17-3-1-2-15-18(16(20(28)29)12-25-19(15)17)26-13-4-6-14(7-5-13)27-8-10-30-11-9-27/h1-7,12H,8-11H2,(H,25,26)(H,28,29)/p-1. The number of nitrogens with one attached hydrogen (secondary N) is 1. The van der Waals surface area contributed by atoms with Crippen molar-refractivity contribution in [3.8, 4) is 0 Å². The first-order chi connectivity index (χ1) is 14.3. The van der Waals surface area contributed by atoms with Gasteiger partial charge in [-0.15, -0.1) is 0 Å². The van der Waals surface area contributed by atoms with Crippen molar-refractivity contribution in [2.24, 2.45) is 0 Å². The molecular weight excluding hydrogens is 399 g/mol. The van der Waals surface area contributed by atoms with Crippen LogP contribution in [-0.2, 0) is 10.9 Å². The number of carboxylic acid groups (broad SMARTS) is 1. The maximum Gasteiger partial charge on any atom is 0.418 e. The Morgan fingerprint density at radius 3 is 2.43 bits per heavy atom. The molecule has 1 N–H and O–H groups in total. The van der Waals surface area contributed by atoms with Crippen LogP contribution in [0, 0.1) is 0 Å². The summed E-state index contributed by atoms with van der Waals surface area (Å²) < 4.78 is 45.4. The van der Waals surface area contributed by atoms with Crippen molar-refractivity contribution in [3.05, 3.63) is 59.8 Å². The third-order valence-electron chi connectivity index (χ3n) is 4.94. The lowest BCUT2D eigenvalue weighted by molar-refractivity contribution is -0.254. The van der Waals surface area contributed by atoms with Crippen LogP contribution in [0.4, 0.5) is 30.2 Å². The smallest absolute Gasteiger partial charge is 0.418 e. The number of morpholine rings is 1. The molecule has 6 nitrogen and oxygen atoms in total. The molecule has 0 amide bonds. The summed E-state index contributed by atoms with van der Waals surface area (Å²) in [5.74, 6) is -1.53. The second kappa shape index (κ2) is 7.83. The summed E-state index contributed by atoms with van der Waals surface area (Å²) in [5.41, 5.74) is -0.0790. The largest absolute Gasteiger partial charge is 0.545 e. The van der Waals surface area contributed by atoms with Crippen molar-refractivity contribution < 1.29 is 27.8 Å². The minimum atomic E-state index is -4.62. The van der Waals surface area contributed by atoms with E-state index in [9.17, 15) is 23.1 Å². The molecule has 1 saturated heterocycles. The molecule has 0 aliphatic carbocycles. The number of hydrogen-bond donors (Lipinski definition) is 1. The van der Waals surface area contributed by atoms with E-state index in [-0.39, 0.29) is 22.2 Å². The van der Waals surface area contributed by atoms with E-state index < -0.39 is 17.7 Å². The Balaban J connectivity index is 1.74. The van der Waals surface area contributed by atoms with Crippen LogP contribution >= 0.6 is 0 Å². The number of halogens is 3. The van der Waals surface area contributed by atoms with E-state index in [1.165, 1.54) is 12.1 Å². The lowest BCUT2D eigenvalue weighted by Gasteiger charge is -2.29. The molecule has 0 saturated carbocycles. The number of fused-ring (bicyclic) bond motifs is 1. The van der Waals surface area contributed by atoms with E-state index in [4.69, 9.17) is 4.74 Å². The highest BCUT2D eigenvalue weighted by Crippen LogP contribution is 2.37. The summed E-state index contributed by atoms with van der Waals surface area (Å²) in [6.45, 7) is 2.80. The van der Waals surface area contributed by atoms with E-state index >= 15 is 0 Å². The van der Waals surface area contributed by atoms with Crippen LogP contribution < -0.4 is 15.3 Å². The van der Waals surface area contributed by atoms with Crippen LogP contribution in [0.25, 0.3) is 10.9 Å². The molecule has 1 fully saturated rings. The molecule has 1 aliphatic heterocycles. The number of alkyl halides is 3. The Bertz CT molecular complexity index is 1080. The van der Waals surface area contributed by atoms with Gasteiger partial charge in [-0.1, -0.05) is 12.1 Å². The molecule has 1 aromatic heterocycles. The van der Waals surface area contributed by atoms with Gasteiger partial charge in [0.15, 0.2) is 0 Å². The van der Waals surface area contributed by atoms with Crippen LogP contribution in [-0.4, -0.2) is 37.3 Å². The van der Waals surface area contributed by atoms with Gasteiger partial charge in [-0.2, -0.15) is 13.2 Å². The van der Waals surface area contributed by atoms with E-state index in [1.54, 1.807) is 12.1 Å².